The molecule has 1 rings (SSSR count). The Hall–Kier alpha value is -0.260. The van der Waals surface area contributed by atoms with Gasteiger partial charge in [-0.2, -0.15) is 0 Å². The monoisotopic (exact) mass is 189 g/mol. The van der Waals surface area contributed by atoms with Gasteiger partial charge in [-0.25, -0.2) is 0 Å². The third kappa shape index (κ3) is 2.84. The molecular formula is C6H6BrS+. The van der Waals surface area contributed by atoms with E-state index in [2.05, 4.69) is 38.4 Å². The van der Waals surface area contributed by atoms with Crippen LogP contribution in [0.2, 0.25) is 0 Å². The van der Waals surface area contributed by atoms with Crippen LogP contribution in [0.15, 0.2) is 22.9 Å². The van der Waals surface area contributed by atoms with Crippen LogP contribution in [-0.4, -0.2) is 0 Å². The van der Waals surface area contributed by atoms with Gasteiger partial charge in [0.15, 0.2) is 0 Å². The van der Waals surface area contributed by atoms with E-state index < -0.39 is 0 Å². The molecule has 0 saturated carbocycles. The van der Waals surface area contributed by atoms with E-state index in [-0.39, 0.29) is 8.90 Å². The fourth-order valence-electron chi connectivity index (χ4n) is 0.286. The van der Waals surface area contributed by atoms with Crippen LogP contribution in [0.25, 0.3) is 0 Å². The van der Waals surface area contributed by atoms with Crippen molar-refractivity contribution in [1.82, 2.24) is 0 Å². The van der Waals surface area contributed by atoms with Gasteiger partial charge in [-0.3, -0.25) is 0 Å². The second-order valence-electron chi connectivity index (χ2n) is 0.971. The van der Waals surface area contributed by atoms with Gasteiger partial charge in [0.25, 0.3) is 14.8 Å². The molecule has 2 heteroatoms. The van der Waals surface area contributed by atoms with E-state index in [1.54, 1.807) is 0 Å². The average Bonchev–Trinajstić information content (AvgIpc) is 2.24. The van der Waals surface area contributed by atoms with Crippen LogP contribution in [0, 0.1) is 12.8 Å². The first kappa shape index (κ1) is 7.74. The number of rotatable bonds is 0. The summed E-state index contributed by atoms with van der Waals surface area (Å²) in [7, 11) is 0.279. The summed E-state index contributed by atoms with van der Waals surface area (Å²) in [5.74, 6) is 0. The van der Waals surface area contributed by atoms with Crippen molar-refractivity contribution in [3.8, 4) is 12.8 Å². The number of hydrogen-bond acceptors (Lipinski definition) is 0. The maximum absolute atomic E-state index is 4.00. The highest BCUT2D eigenvalue weighted by atomic mass is 79.9. The zero-order chi connectivity index (χ0) is 6.41. The molecule has 0 aliphatic rings. The zero-order valence-corrected chi connectivity index (χ0v) is 6.65. The molecule has 0 bridgehead atoms. The van der Waals surface area contributed by atoms with Crippen LogP contribution in [0.1, 0.15) is 0 Å². The molecule has 0 aliphatic carbocycles. The standard InChI is InChI=1S/C4H4BrS.C2H2/c5-6-3-1-2-4-6;1-2/h1-4H;1-2H/q+1;. The molecule has 0 N–H and O–H groups in total. The molecule has 0 aliphatic heterocycles. The topological polar surface area (TPSA) is 0 Å². The molecular weight excluding hydrogens is 184 g/mol. The van der Waals surface area contributed by atoms with Crippen LogP contribution < -0.4 is 0 Å². The third-order valence-electron chi connectivity index (χ3n) is 0.528. The van der Waals surface area contributed by atoms with E-state index in [0.717, 1.165) is 0 Å². The van der Waals surface area contributed by atoms with Crippen molar-refractivity contribution in [2.45, 2.75) is 0 Å². The maximum atomic E-state index is 4.00. The van der Waals surface area contributed by atoms with Gasteiger partial charge >= 0.3 is 0 Å². The second-order valence-corrected chi connectivity index (χ2v) is 4.39. The summed E-state index contributed by atoms with van der Waals surface area (Å²) in [6.45, 7) is 0. The Balaban J connectivity index is 0.000000222. The summed E-state index contributed by atoms with van der Waals surface area (Å²) < 4.78 is 0. The van der Waals surface area contributed by atoms with Gasteiger partial charge in [0, 0.05) is 0 Å². The zero-order valence-electron chi connectivity index (χ0n) is 4.25. The Morgan fingerprint density at radius 1 is 1.12 bits per heavy atom. The van der Waals surface area contributed by atoms with Crippen molar-refractivity contribution in [2.24, 2.45) is 0 Å². The van der Waals surface area contributed by atoms with Crippen LogP contribution in [0.4, 0.5) is 0 Å². The third-order valence-corrected chi connectivity index (χ3v) is 2.66. The lowest BCUT2D eigenvalue weighted by Crippen LogP contribution is -1.17. The number of halogens is 1. The molecule has 1 aromatic heterocycles. The van der Waals surface area contributed by atoms with Crippen LogP contribution in [0.3, 0.4) is 0 Å². The first-order valence-electron chi connectivity index (χ1n) is 1.96. The van der Waals surface area contributed by atoms with Crippen LogP contribution in [0.5, 0.6) is 0 Å². The lowest BCUT2D eigenvalue weighted by Gasteiger charge is -1.49. The van der Waals surface area contributed by atoms with Gasteiger partial charge in [-0.15, -0.1) is 12.8 Å². The van der Waals surface area contributed by atoms with Crippen molar-refractivity contribution in [3.63, 3.8) is 0 Å². The van der Waals surface area contributed by atoms with Crippen LogP contribution in [-0.2, 0) is 0 Å². The van der Waals surface area contributed by atoms with Gasteiger partial charge in [0.05, 0.1) is 8.90 Å². The normalized spacial score (nSPS) is 6.88. The summed E-state index contributed by atoms with van der Waals surface area (Å²) in [5.41, 5.74) is 0. The van der Waals surface area contributed by atoms with E-state index >= 15 is 0 Å². The fourth-order valence-corrected chi connectivity index (χ4v) is 1.61. The van der Waals surface area contributed by atoms with Gasteiger partial charge in [0.1, 0.15) is 10.8 Å². The van der Waals surface area contributed by atoms with Crippen molar-refractivity contribution in [2.75, 3.05) is 0 Å². The Morgan fingerprint density at radius 3 is 1.62 bits per heavy atom. The summed E-state index contributed by atoms with van der Waals surface area (Å²) in [6.07, 6.45) is 8.00. The summed E-state index contributed by atoms with van der Waals surface area (Å²) in [4.78, 5) is 0. The SMILES string of the molecule is Br[s+]1cccc1.C#C. The highest BCUT2D eigenvalue weighted by Crippen LogP contribution is 2.22. The predicted molar refractivity (Wildman–Crippen MR) is 43.1 cm³/mol. The minimum atomic E-state index is 0.279. The van der Waals surface area contributed by atoms with Crippen molar-refractivity contribution < 1.29 is 0 Å². The minimum Gasteiger partial charge on any atom is -0.124 e. The molecule has 1 heterocycles. The molecule has 0 aromatic carbocycles. The fraction of sp³-hybridized carbons (Fsp3) is 0. The molecule has 1 aromatic rings. The maximum Gasteiger partial charge on any atom is 0.268 e. The lowest BCUT2D eigenvalue weighted by atomic mass is 10.7. The molecule has 0 spiro atoms. The highest BCUT2D eigenvalue weighted by molar-refractivity contribution is 9.34. The molecule has 0 radical (unpaired) electrons. The Morgan fingerprint density at radius 2 is 1.50 bits per heavy atom. The van der Waals surface area contributed by atoms with E-state index in [9.17, 15) is 0 Å². The smallest absolute Gasteiger partial charge is 0.124 e. The van der Waals surface area contributed by atoms with E-state index in [0.29, 0.717) is 0 Å². The molecule has 0 atom stereocenters. The van der Waals surface area contributed by atoms with Gasteiger partial charge < -0.3 is 0 Å². The second kappa shape index (κ2) is 4.89. The van der Waals surface area contributed by atoms with Gasteiger partial charge in [0.2, 0.25) is 0 Å². The van der Waals surface area contributed by atoms with Crippen molar-refractivity contribution >= 4 is 23.7 Å². The highest BCUT2D eigenvalue weighted by Gasteiger charge is 1.88. The molecule has 0 nitrogen and oxygen atoms in total. The van der Waals surface area contributed by atoms with Gasteiger partial charge in [-0.1, -0.05) is 0 Å². The predicted octanol–water partition coefficient (Wildman–Crippen LogP) is 2.84. The van der Waals surface area contributed by atoms with Crippen LogP contribution >= 0.6 is 23.7 Å². The molecule has 0 amide bonds. The number of hydrogen-bond donors (Lipinski definition) is 0. The Bertz CT molecular complexity index is 141. The summed E-state index contributed by atoms with van der Waals surface area (Å²) in [5, 5.41) is 4.22. The van der Waals surface area contributed by atoms with E-state index in [4.69, 9.17) is 0 Å². The molecule has 8 heavy (non-hydrogen) atoms. The van der Waals surface area contributed by atoms with E-state index in [1.165, 1.54) is 0 Å². The molecule has 42 valence electrons. The lowest BCUT2D eigenvalue weighted by molar-refractivity contribution is 2.03. The quantitative estimate of drug-likeness (QED) is 0.436. The first-order valence-corrected chi connectivity index (χ1v) is 5.15. The first-order chi connectivity index (χ1) is 3.89. The molecule has 0 saturated heterocycles. The Labute approximate surface area is 59.7 Å². The van der Waals surface area contributed by atoms with E-state index in [1.807, 2.05) is 12.1 Å². The largest absolute Gasteiger partial charge is 0.268 e. The Kier molecular flexibility index (Phi) is 4.73. The van der Waals surface area contributed by atoms with Crippen molar-refractivity contribution in [1.29, 1.82) is 0 Å². The molecule has 0 fully saturated rings. The number of thiophene rings is 1. The summed E-state index contributed by atoms with van der Waals surface area (Å²) in [6, 6.07) is 4.08. The average molecular weight is 190 g/mol. The van der Waals surface area contributed by atoms with Gasteiger partial charge in [-0.05, 0) is 12.1 Å². The molecule has 0 unspecified atom stereocenters. The van der Waals surface area contributed by atoms with Crippen molar-refractivity contribution in [3.05, 3.63) is 22.9 Å². The summed E-state index contributed by atoms with van der Waals surface area (Å²) >= 11 is 3.39. The minimum absolute atomic E-state index is 0.279. The number of terminal acetylenes is 1.